The van der Waals surface area contributed by atoms with Crippen LogP contribution < -0.4 is 4.57 Å². The Balaban J connectivity index is 2.03. The Bertz CT molecular complexity index is 633. The summed E-state index contributed by atoms with van der Waals surface area (Å²) in [7, 11) is 2.31. The number of aromatic nitrogens is 1. The Morgan fingerprint density at radius 3 is 1.81 bits per heavy atom. The summed E-state index contributed by atoms with van der Waals surface area (Å²) in [6, 6.07) is 11.1. The molecule has 1 heterocycles. The molecule has 0 amide bonds. The molecular formula is C20H24N+. The molecule has 1 heteroatoms. The third-order valence-electron chi connectivity index (χ3n) is 5.35. The average Bonchev–Trinajstić information content (AvgIpc) is 2.56. The number of benzene rings is 1. The van der Waals surface area contributed by atoms with Crippen LogP contribution >= 0.6 is 0 Å². The lowest BCUT2D eigenvalue weighted by molar-refractivity contribution is -0.688. The number of hydrogen-bond acceptors (Lipinski definition) is 0. The number of hydrogen-bond donors (Lipinski definition) is 0. The average molecular weight is 278 g/mol. The molecule has 1 aromatic heterocycles. The third-order valence-corrected chi connectivity index (χ3v) is 5.35. The summed E-state index contributed by atoms with van der Waals surface area (Å²) in [5.74, 6) is 0. The standard InChI is InChI=1S/C20H24N/c1-21-18-13-7-5-11-16(18)20(15-9-3-2-4-10-15)17-12-6-8-14-19(17)21/h2-4,9-10H,5-8,11-14H2,1H3/q+1. The number of nitrogens with zero attached hydrogens (tertiary/aromatic N) is 1. The summed E-state index contributed by atoms with van der Waals surface area (Å²) in [5.41, 5.74) is 9.56. The van der Waals surface area contributed by atoms with E-state index in [1.165, 1.54) is 56.9 Å². The molecule has 1 aromatic carbocycles. The van der Waals surface area contributed by atoms with E-state index in [1.807, 2.05) is 0 Å². The molecule has 0 N–H and O–H groups in total. The van der Waals surface area contributed by atoms with Gasteiger partial charge in [-0.05, 0) is 44.1 Å². The topological polar surface area (TPSA) is 3.88 Å². The Kier molecular flexibility index (Phi) is 3.29. The highest BCUT2D eigenvalue weighted by atomic mass is 15.0. The molecule has 0 unspecified atom stereocenters. The van der Waals surface area contributed by atoms with Gasteiger partial charge in [0.1, 0.15) is 7.05 Å². The summed E-state index contributed by atoms with van der Waals surface area (Å²) in [6.07, 6.45) is 10.5. The van der Waals surface area contributed by atoms with Crippen molar-refractivity contribution in [2.45, 2.75) is 51.4 Å². The Hall–Kier alpha value is -1.63. The molecule has 0 atom stereocenters. The van der Waals surface area contributed by atoms with Crippen LogP contribution in [0, 0.1) is 0 Å². The Labute approximate surface area is 127 Å². The first-order chi connectivity index (χ1) is 10.4. The van der Waals surface area contributed by atoms with Crippen LogP contribution in [0.2, 0.25) is 0 Å². The van der Waals surface area contributed by atoms with Gasteiger partial charge in [0.15, 0.2) is 11.4 Å². The molecule has 2 aromatic rings. The second-order valence-corrected chi connectivity index (χ2v) is 6.56. The molecule has 0 radical (unpaired) electrons. The minimum atomic E-state index is 1.26. The van der Waals surface area contributed by atoms with Crippen molar-refractivity contribution in [3.05, 3.63) is 52.8 Å². The van der Waals surface area contributed by atoms with Crippen molar-refractivity contribution in [3.8, 4) is 11.1 Å². The highest BCUT2D eigenvalue weighted by Gasteiger charge is 2.31. The summed E-state index contributed by atoms with van der Waals surface area (Å²) in [4.78, 5) is 0. The monoisotopic (exact) mass is 278 g/mol. The van der Waals surface area contributed by atoms with Crippen LogP contribution in [0.4, 0.5) is 0 Å². The SMILES string of the molecule is C[n+]1c2c(c(-c3ccccc3)c3c1CCCC3)CCCC2. The van der Waals surface area contributed by atoms with Gasteiger partial charge in [-0.3, -0.25) is 0 Å². The molecule has 4 rings (SSSR count). The fraction of sp³-hybridized carbons (Fsp3) is 0.450. The molecule has 0 aliphatic heterocycles. The van der Waals surface area contributed by atoms with E-state index < -0.39 is 0 Å². The van der Waals surface area contributed by atoms with E-state index in [-0.39, 0.29) is 0 Å². The van der Waals surface area contributed by atoms with Crippen LogP contribution in [0.1, 0.15) is 48.2 Å². The normalized spacial score (nSPS) is 17.2. The van der Waals surface area contributed by atoms with E-state index in [1.54, 1.807) is 28.1 Å². The van der Waals surface area contributed by atoms with Crippen molar-refractivity contribution in [1.82, 2.24) is 0 Å². The molecule has 0 fully saturated rings. The highest BCUT2D eigenvalue weighted by Crippen LogP contribution is 2.36. The maximum absolute atomic E-state index is 2.55. The molecule has 0 spiro atoms. The van der Waals surface area contributed by atoms with Gasteiger partial charge in [0.05, 0.1) is 0 Å². The van der Waals surface area contributed by atoms with E-state index in [9.17, 15) is 0 Å². The summed E-state index contributed by atoms with van der Waals surface area (Å²) in [6.45, 7) is 0. The first-order valence-electron chi connectivity index (χ1n) is 8.47. The van der Waals surface area contributed by atoms with Crippen molar-refractivity contribution in [3.63, 3.8) is 0 Å². The lowest BCUT2D eigenvalue weighted by Gasteiger charge is -2.25. The second kappa shape index (κ2) is 5.29. The smallest absolute Gasteiger partial charge is 0.185 e. The van der Waals surface area contributed by atoms with E-state index in [0.29, 0.717) is 0 Å². The minimum absolute atomic E-state index is 1.26. The molecule has 0 saturated carbocycles. The lowest BCUT2D eigenvalue weighted by Crippen LogP contribution is -2.43. The van der Waals surface area contributed by atoms with E-state index in [4.69, 9.17) is 0 Å². The van der Waals surface area contributed by atoms with Crippen molar-refractivity contribution in [1.29, 1.82) is 0 Å². The minimum Gasteiger partial charge on any atom is -0.202 e. The van der Waals surface area contributed by atoms with Gasteiger partial charge in [0.25, 0.3) is 0 Å². The van der Waals surface area contributed by atoms with Gasteiger partial charge < -0.3 is 0 Å². The maximum atomic E-state index is 2.55. The zero-order chi connectivity index (χ0) is 14.2. The molecule has 0 saturated heterocycles. The summed E-state index contributed by atoms with van der Waals surface area (Å²) >= 11 is 0. The molecule has 108 valence electrons. The maximum Gasteiger partial charge on any atom is 0.185 e. The fourth-order valence-electron chi connectivity index (χ4n) is 4.36. The predicted molar refractivity (Wildman–Crippen MR) is 86.3 cm³/mol. The van der Waals surface area contributed by atoms with Crippen LogP contribution in [0.5, 0.6) is 0 Å². The molecule has 2 aliphatic carbocycles. The number of pyridine rings is 1. The first kappa shape index (κ1) is 13.1. The van der Waals surface area contributed by atoms with Crippen LogP contribution in [-0.4, -0.2) is 0 Å². The molecular weight excluding hydrogens is 254 g/mol. The zero-order valence-electron chi connectivity index (χ0n) is 13.0. The van der Waals surface area contributed by atoms with Crippen molar-refractivity contribution in [2.24, 2.45) is 7.05 Å². The molecule has 21 heavy (non-hydrogen) atoms. The number of fused-ring (bicyclic) bond motifs is 2. The van der Waals surface area contributed by atoms with Crippen LogP contribution in [0.3, 0.4) is 0 Å². The van der Waals surface area contributed by atoms with Gasteiger partial charge >= 0.3 is 0 Å². The molecule has 2 aliphatic rings. The largest absolute Gasteiger partial charge is 0.202 e. The van der Waals surface area contributed by atoms with Crippen LogP contribution in [0.25, 0.3) is 11.1 Å². The highest BCUT2D eigenvalue weighted by molar-refractivity contribution is 5.72. The van der Waals surface area contributed by atoms with Crippen molar-refractivity contribution in [2.75, 3.05) is 0 Å². The van der Waals surface area contributed by atoms with Crippen LogP contribution in [-0.2, 0) is 32.7 Å². The van der Waals surface area contributed by atoms with Crippen LogP contribution in [0.15, 0.2) is 30.3 Å². The zero-order valence-corrected chi connectivity index (χ0v) is 13.0. The van der Waals surface area contributed by atoms with E-state index in [2.05, 4.69) is 41.9 Å². The van der Waals surface area contributed by atoms with Gasteiger partial charge in [0.2, 0.25) is 0 Å². The van der Waals surface area contributed by atoms with E-state index in [0.717, 1.165) is 0 Å². The second-order valence-electron chi connectivity index (χ2n) is 6.56. The van der Waals surface area contributed by atoms with Crippen molar-refractivity contribution < 1.29 is 4.57 Å². The van der Waals surface area contributed by atoms with Crippen molar-refractivity contribution >= 4 is 0 Å². The summed E-state index contributed by atoms with van der Waals surface area (Å²) < 4.78 is 2.55. The fourth-order valence-corrected chi connectivity index (χ4v) is 4.36. The van der Waals surface area contributed by atoms with Gasteiger partial charge in [-0.2, -0.15) is 0 Å². The van der Waals surface area contributed by atoms with Gasteiger partial charge in [-0.15, -0.1) is 0 Å². The molecule has 1 nitrogen and oxygen atoms in total. The van der Waals surface area contributed by atoms with Gasteiger partial charge in [-0.25, -0.2) is 4.57 Å². The lowest BCUT2D eigenvalue weighted by atomic mass is 9.81. The summed E-state index contributed by atoms with van der Waals surface area (Å²) in [5, 5.41) is 0. The first-order valence-corrected chi connectivity index (χ1v) is 8.47. The quantitative estimate of drug-likeness (QED) is 0.696. The number of rotatable bonds is 1. The van der Waals surface area contributed by atoms with Gasteiger partial charge in [-0.1, -0.05) is 30.3 Å². The third kappa shape index (κ3) is 2.10. The predicted octanol–water partition coefficient (Wildman–Crippen LogP) is 3.94. The van der Waals surface area contributed by atoms with Gasteiger partial charge in [0, 0.05) is 29.5 Å². The molecule has 0 bridgehead atoms. The van der Waals surface area contributed by atoms with E-state index >= 15 is 0 Å². The Morgan fingerprint density at radius 1 is 0.714 bits per heavy atom. The Morgan fingerprint density at radius 2 is 1.24 bits per heavy atom.